The molecule has 2 aliphatic rings. The first kappa shape index (κ1) is 14.7. The van der Waals surface area contributed by atoms with Gasteiger partial charge in [0.1, 0.15) is 11.8 Å². The second kappa shape index (κ2) is 6.71. The zero-order valence-electron chi connectivity index (χ0n) is 12.6. The third kappa shape index (κ3) is 3.34. The summed E-state index contributed by atoms with van der Waals surface area (Å²) < 4.78 is 0. The summed E-state index contributed by atoms with van der Waals surface area (Å²) >= 11 is 0. The normalized spacial score (nSPS) is 19.2. The highest BCUT2D eigenvalue weighted by Crippen LogP contribution is 2.12. The van der Waals surface area contributed by atoms with Gasteiger partial charge >= 0.3 is 0 Å². The first-order chi connectivity index (χ1) is 10.8. The molecule has 0 saturated carbocycles. The Hall–Kier alpha value is -2.20. The number of amides is 1. The van der Waals surface area contributed by atoms with E-state index in [1.54, 1.807) is 12.3 Å². The molecule has 0 aliphatic carbocycles. The van der Waals surface area contributed by atoms with Crippen LogP contribution in [-0.4, -0.2) is 71.5 Å². The summed E-state index contributed by atoms with van der Waals surface area (Å²) in [6.45, 7) is 5.53. The quantitative estimate of drug-likeness (QED) is 0.787. The van der Waals surface area contributed by atoms with Crippen molar-refractivity contribution >= 4 is 11.9 Å². The van der Waals surface area contributed by atoms with E-state index >= 15 is 0 Å². The molecule has 0 unspecified atom stereocenters. The van der Waals surface area contributed by atoms with Crippen LogP contribution in [0.1, 0.15) is 18.5 Å². The lowest BCUT2D eigenvalue weighted by molar-refractivity contribution is -0.131. The van der Waals surface area contributed by atoms with Crippen molar-refractivity contribution in [3.8, 4) is 6.07 Å². The molecule has 1 aromatic heterocycles. The van der Waals surface area contributed by atoms with Crippen LogP contribution in [0.5, 0.6) is 0 Å². The fraction of sp³-hybridized carbons (Fsp3) is 0.600. The number of hydrogen-bond acceptors (Lipinski definition) is 6. The lowest BCUT2D eigenvalue weighted by Crippen LogP contribution is -2.50. The Morgan fingerprint density at radius 2 is 1.91 bits per heavy atom. The summed E-state index contributed by atoms with van der Waals surface area (Å²) in [5.41, 5.74) is 0.386. The maximum absolute atomic E-state index is 12.2. The number of aromatic nitrogens is 2. The maximum atomic E-state index is 12.2. The van der Waals surface area contributed by atoms with Gasteiger partial charge in [-0.25, -0.2) is 9.97 Å². The fourth-order valence-electron chi connectivity index (χ4n) is 2.93. The number of anilines is 1. The van der Waals surface area contributed by atoms with Gasteiger partial charge in [-0.1, -0.05) is 0 Å². The van der Waals surface area contributed by atoms with Gasteiger partial charge in [-0.15, -0.1) is 0 Å². The number of nitrogens with zero attached hydrogens (tertiary/aromatic N) is 6. The molecule has 0 bridgehead atoms. The molecule has 3 rings (SSSR count). The van der Waals surface area contributed by atoms with Crippen LogP contribution in [0.25, 0.3) is 0 Å². The van der Waals surface area contributed by atoms with Gasteiger partial charge in [0.05, 0.1) is 6.54 Å². The van der Waals surface area contributed by atoms with Gasteiger partial charge in [0.15, 0.2) is 0 Å². The van der Waals surface area contributed by atoms with E-state index in [4.69, 9.17) is 5.26 Å². The molecular formula is C15H20N6O. The SMILES string of the molecule is N#Cc1ccnc(N2CCN(CC(=O)N3CCCC3)CC2)n1. The van der Waals surface area contributed by atoms with Crippen molar-refractivity contribution < 1.29 is 4.79 Å². The predicted octanol–water partition coefficient (Wildman–Crippen LogP) is 0.0927. The zero-order chi connectivity index (χ0) is 15.4. The molecule has 116 valence electrons. The van der Waals surface area contributed by atoms with E-state index < -0.39 is 0 Å². The van der Waals surface area contributed by atoms with E-state index in [2.05, 4.69) is 19.8 Å². The van der Waals surface area contributed by atoms with E-state index in [1.165, 1.54) is 0 Å². The lowest BCUT2D eigenvalue weighted by Gasteiger charge is -2.34. The minimum atomic E-state index is 0.244. The second-order valence-electron chi connectivity index (χ2n) is 5.70. The summed E-state index contributed by atoms with van der Waals surface area (Å²) in [6.07, 6.45) is 3.88. The summed E-state index contributed by atoms with van der Waals surface area (Å²) in [6, 6.07) is 3.64. The average Bonchev–Trinajstić information content (AvgIpc) is 3.10. The largest absolute Gasteiger partial charge is 0.342 e. The second-order valence-corrected chi connectivity index (χ2v) is 5.70. The molecule has 1 aromatic rings. The standard InChI is InChI=1S/C15H20N6O/c16-11-13-3-4-17-15(18-13)21-9-7-19(8-10-21)12-14(22)20-5-1-2-6-20/h3-4H,1-2,5-10,12H2. The van der Waals surface area contributed by atoms with Crippen molar-refractivity contribution in [3.05, 3.63) is 18.0 Å². The number of rotatable bonds is 3. The first-order valence-electron chi connectivity index (χ1n) is 7.74. The van der Waals surface area contributed by atoms with Crippen molar-refractivity contribution in [1.82, 2.24) is 19.8 Å². The zero-order valence-corrected chi connectivity index (χ0v) is 12.6. The van der Waals surface area contributed by atoms with Crippen LogP contribution in [0.2, 0.25) is 0 Å². The van der Waals surface area contributed by atoms with Crippen LogP contribution in [0, 0.1) is 11.3 Å². The van der Waals surface area contributed by atoms with E-state index in [1.807, 2.05) is 11.0 Å². The first-order valence-corrected chi connectivity index (χ1v) is 7.74. The molecule has 7 nitrogen and oxygen atoms in total. The van der Waals surface area contributed by atoms with Crippen LogP contribution >= 0.6 is 0 Å². The van der Waals surface area contributed by atoms with Gasteiger partial charge in [-0.05, 0) is 18.9 Å². The molecule has 7 heteroatoms. The van der Waals surface area contributed by atoms with Crippen molar-refractivity contribution in [2.24, 2.45) is 0 Å². The van der Waals surface area contributed by atoms with Crippen molar-refractivity contribution in [1.29, 1.82) is 5.26 Å². The molecular weight excluding hydrogens is 280 g/mol. The Morgan fingerprint density at radius 3 is 2.59 bits per heavy atom. The lowest BCUT2D eigenvalue weighted by atomic mass is 10.3. The highest BCUT2D eigenvalue weighted by atomic mass is 16.2. The average molecular weight is 300 g/mol. The minimum absolute atomic E-state index is 0.244. The molecule has 0 spiro atoms. The molecule has 0 N–H and O–H groups in total. The van der Waals surface area contributed by atoms with Crippen LogP contribution in [0.3, 0.4) is 0 Å². The molecule has 3 heterocycles. The molecule has 0 atom stereocenters. The summed E-state index contributed by atoms with van der Waals surface area (Å²) in [4.78, 5) is 26.8. The summed E-state index contributed by atoms with van der Waals surface area (Å²) in [7, 11) is 0. The van der Waals surface area contributed by atoms with Crippen LogP contribution in [0.15, 0.2) is 12.3 Å². The summed E-state index contributed by atoms with van der Waals surface area (Å²) in [5.74, 6) is 0.846. The monoisotopic (exact) mass is 300 g/mol. The van der Waals surface area contributed by atoms with Crippen LogP contribution in [-0.2, 0) is 4.79 Å². The number of carbonyl (C=O) groups is 1. The van der Waals surface area contributed by atoms with Crippen LogP contribution in [0.4, 0.5) is 5.95 Å². The van der Waals surface area contributed by atoms with Crippen molar-refractivity contribution in [2.45, 2.75) is 12.8 Å². The summed E-state index contributed by atoms with van der Waals surface area (Å²) in [5, 5.41) is 8.90. The van der Waals surface area contributed by atoms with E-state index in [0.29, 0.717) is 18.2 Å². The molecule has 22 heavy (non-hydrogen) atoms. The molecule has 0 radical (unpaired) electrons. The molecule has 0 aromatic carbocycles. The Kier molecular flexibility index (Phi) is 4.49. The van der Waals surface area contributed by atoms with Gasteiger partial charge in [0.25, 0.3) is 0 Å². The van der Waals surface area contributed by atoms with Gasteiger partial charge in [-0.3, -0.25) is 9.69 Å². The Balaban J connectivity index is 1.51. The number of carbonyl (C=O) groups excluding carboxylic acids is 1. The minimum Gasteiger partial charge on any atom is -0.342 e. The Morgan fingerprint density at radius 1 is 1.18 bits per heavy atom. The molecule has 2 aliphatic heterocycles. The maximum Gasteiger partial charge on any atom is 0.236 e. The smallest absolute Gasteiger partial charge is 0.236 e. The molecule has 2 saturated heterocycles. The van der Waals surface area contributed by atoms with Crippen molar-refractivity contribution in [2.75, 3.05) is 50.7 Å². The highest BCUT2D eigenvalue weighted by Gasteiger charge is 2.24. The Bertz CT molecular complexity index is 570. The third-order valence-corrected chi connectivity index (χ3v) is 4.23. The van der Waals surface area contributed by atoms with E-state index in [-0.39, 0.29) is 5.91 Å². The third-order valence-electron chi connectivity index (χ3n) is 4.23. The van der Waals surface area contributed by atoms with Gasteiger partial charge in [-0.2, -0.15) is 5.26 Å². The van der Waals surface area contributed by atoms with E-state index in [9.17, 15) is 4.79 Å². The molecule has 1 amide bonds. The number of nitriles is 1. The fourth-order valence-corrected chi connectivity index (χ4v) is 2.93. The number of likely N-dealkylation sites (tertiary alicyclic amines) is 1. The topological polar surface area (TPSA) is 76.4 Å². The number of hydrogen-bond donors (Lipinski definition) is 0. The van der Waals surface area contributed by atoms with Gasteiger partial charge in [0, 0.05) is 45.5 Å². The predicted molar refractivity (Wildman–Crippen MR) is 81.2 cm³/mol. The van der Waals surface area contributed by atoms with Crippen LogP contribution < -0.4 is 4.90 Å². The highest BCUT2D eigenvalue weighted by molar-refractivity contribution is 5.78. The van der Waals surface area contributed by atoms with Crippen molar-refractivity contribution in [3.63, 3.8) is 0 Å². The van der Waals surface area contributed by atoms with E-state index in [0.717, 1.165) is 52.1 Å². The number of piperazine rings is 1. The Labute approximate surface area is 130 Å². The van der Waals surface area contributed by atoms with Gasteiger partial charge < -0.3 is 9.80 Å². The van der Waals surface area contributed by atoms with Gasteiger partial charge in [0.2, 0.25) is 11.9 Å². The molecule has 2 fully saturated rings.